The zero-order valence-corrected chi connectivity index (χ0v) is 22.9. The molecule has 0 N–H and O–H groups in total. The standard InChI is InChI=1S/C32H46N2O2/c1-5-9-21-33(22-10-6-2)27-17-13-25(14-18-27)29-31(35)30(32(29)36)26-15-19-28(20-16-26)34(23-11-7-3)24-12-8-4/h13-20,29,35H,5-12,21-24H2,1-4H3/p-1. The van der Waals surface area contributed by atoms with Gasteiger partial charge in [-0.2, -0.15) is 0 Å². The molecule has 0 saturated heterocycles. The summed E-state index contributed by atoms with van der Waals surface area (Å²) in [6.07, 6.45) is 9.32. The Morgan fingerprint density at radius 3 is 1.39 bits per heavy atom. The van der Waals surface area contributed by atoms with Crippen molar-refractivity contribution >= 4 is 22.7 Å². The van der Waals surface area contributed by atoms with E-state index in [0.29, 0.717) is 5.57 Å². The average molecular weight is 490 g/mol. The quantitative estimate of drug-likeness (QED) is 0.256. The Labute approximate surface area is 219 Å². The molecule has 1 unspecified atom stereocenters. The Morgan fingerprint density at radius 1 is 0.639 bits per heavy atom. The number of carbonyl (C=O) groups is 1. The molecular formula is C32H45N2O2-. The molecule has 0 aromatic heterocycles. The molecule has 0 fully saturated rings. The van der Waals surface area contributed by atoms with Crippen LogP contribution in [0.3, 0.4) is 0 Å². The minimum absolute atomic E-state index is 0.0526. The van der Waals surface area contributed by atoms with Crippen LogP contribution in [0.2, 0.25) is 0 Å². The molecule has 36 heavy (non-hydrogen) atoms. The number of unbranched alkanes of at least 4 members (excludes halogenated alkanes) is 4. The first-order valence-electron chi connectivity index (χ1n) is 14.2. The van der Waals surface area contributed by atoms with Gasteiger partial charge < -0.3 is 14.9 Å². The molecule has 0 aliphatic heterocycles. The van der Waals surface area contributed by atoms with E-state index in [9.17, 15) is 9.90 Å². The highest BCUT2D eigenvalue weighted by molar-refractivity contribution is 6.31. The molecule has 1 aliphatic rings. The average Bonchev–Trinajstić information content (AvgIpc) is 2.90. The van der Waals surface area contributed by atoms with Gasteiger partial charge in [-0.25, -0.2) is 0 Å². The van der Waals surface area contributed by atoms with Crippen LogP contribution in [0.15, 0.2) is 54.3 Å². The number of ketones is 1. The lowest BCUT2D eigenvalue weighted by molar-refractivity contribution is -0.310. The second kappa shape index (κ2) is 14.1. The van der Waals surface area contributed by atoms with E-state index in [0.717, 1.165) is 63.0 Å². The Morgan fingerprint density at radius 2 is 1.03 bits per heavy atom. The third-order valence-corrected chi connectivity index (χ3v) is 7.26. The van der Waals surface area contributed by atoms with Gasteiger partial charge in [-0.15, -0.1) is 5.76 Å². The number of rotatable bonds is 16. The highest BCUT2D eigenvalue weighted by atomic mass is 16.3. The molecule has 1 aliphatic carbocycles. The van der Waals surface area contributed by atoms with Gasteiger partial charge in [0.05, 0.1) is 5.92 Å². The van der Waals surface area contributed by atoms with Gasteiger partial charge in [-0.05, 0) is 61.1 Å². The van der Waals surface area contributed by atoms with Crippen molar-refractivity contribution in [2.75, 3.05) is 36.0 Å². The van der Waals surface area contributed by atoms with E-state index >= 15 is 0 Å². The van der Waals surface area contributed by atoms with Crippen molar-refractivity contribution in [1.29, 1.82) is 0 Å². The number of anilines is 2. The minimum atomic E-state index is -0.654. The van der Waals surface area contributed by atoms with E-state index in [4.69, 9.17) is 0 Å². The van der Waals surface area contributed by atoms with Crippen LogP contribution in [0.25, 0.3) is 5.57 Å². The second-order valence-corrected chi connectivity index (χ2v) is 10.1. The molecular weight excluding hydrogens is 444 g/mol. The fourth-order valence-electron chi connectivity index (χ4n) is 4.89. The molecule has 4 heteroatoms. The molecule has 0 bridgehead atoms. The van der Waals surface area contributed by atoms with Gasteiger partial charge in [0.1, 0.15) is 0 Å². The molecule has 0 radical (unpaired) electrons. The summed E-state index contributed by atoms with van der Waals surface area (Å²) in [7, 11) is 0. The highest BCUT2D eigenvalue weighted by Gasteiger charge is 2.35. The van der Waals surface area contributed by atoms with Crippen LogP contribution in [0.4, 0.5) is 11.4 Å². The first-order valence-corrected chi connectivity index (χ1v) is 14.2. The Kier molecular flexibility index (Phi) is 10.9. The van der Waals surface area contributed by atoms with Crippen LogP contribution in [0.1, 0.15) is 96.1 Å². The number of allylic oxidation sites excluding steroid dienone is 2. The molecule has 2 aromatic rings. The summed E-state index contributed by atoms with van der Waals surface area (Å²) in [5, 5.41) is 13.1. The molecule has 1 atom stereocenters. The Bertz CT molecular complexity index is 962. The molecule has 2 aromatic carbocycles. The van der Waals surface area contributed by atoms with E-state index < -0.39 is 5.92 Å². The summed E-state index contributed by atoms with van der Waals surface area (Å²) in [6.45, 7) is 13.0. The smallest absolute Gasteiger partial charge is 0.173 e. The van der Waals surface area contributed by atoms with Crippen molar-refractivity contribution in [3.8, 4) is 0 Å². The number of nitrogens with zero attached hydrogens (tertiary/aromatic N) is 2. The van der Waals surface area contributed by atoms with Crippen molar-refractivity contribution in [3.63, 3.8) is 0 Å². The molecule has 0 amide bonds. The van der Waals surface area contributed by atoms with Crippen molar-refractivity contribution < 1.29 is 9.90 Å². The third kappa shape index (κ3) is 6.72. The predicted molar refractivity (Wildman–Crippen MR) is 152 cm³/mol. The maximum absolute atomic E-state index is 13.1. The summed E-state index contributed by atoms with van der Waals surface area (Å²) in [5.74, 6) is -0.759. The van der Waals surface area contributed by atoms with Crippen LogP contribution in [0, 0.1) is 0 Å². The normalized spacial score (nSPS) is 15.2. The first kappa shape index (κ1) is 27.8. The monoisotopic (exact) mass is 489 g/mol. The lowest BCUT2D eigenvalue weighted by atomic mass is 9.75. The molecule has 4 nitrogen and oxygen atoms in total. The molecule has 0 saturated carbocycles. The van der Waals surface area contributed by atoms with Gasteiger partial charge in [0, 0.05) is 43.1 Å². The van der Waals surface area contributed by atoms with Crippen LogP contribution < -0.4 is 14.9 Å². The lowest BCUT2D eigenvalue weighted by Crippen LogP contribution is -2.35. The number of hydrogen-bond donors (Lipinski definition) is 0. The van der Waals surface area contributed by atoms with Gasteiger partial charge >= 0.3 is 0 Å². The summed E-state index contributed by atoms with van der Waals surface area (Å²) >= 11 is 0. The topological polar surface area (TPSA) is 46.6 Å². The van der Waals surface area contributed by atoms with Gasteiger partial charge in [0.25, 0.3) is 0 Å². The number of benzene rings is 2. The zero-order chi connectivity index (χ0) is 25.9. The van der Waals surface area contributed by atoms with Gasteiger partial charge in [-0.3, -0.25) is 4.79 Å². The zero-order valence-electron chi connectivity index (χ0n) is 22.9. The second-order valence-electron chi connectivity index (χ2n) is 10.1. The van der Waals surface area contributed by atoms with Crippen LogP contribution in [0.5, 0.6) is 0 Å². The van der Waals surface area contributed by atoms with Crippen molar-refractivity contribution in [2.24, 2.45) is 0 Å². The maximum Gasteiger partial charge on any atom is 0.173 e. The Hall–Kier alpha value is -2.75. The minimum Gasteiger partial charge on any atom is -0.874 e. The number of hydrogen-bond acceptors (Lipinski definition) is 4. The third-order valence-electron chi connectivity index (χ3n) is 7.26. The van der Waals surface area contributed by atoms with Crippen molar-refractivity contribution in [1.82, 2.24) is 0 Å². The fourth-order valence-corrected chi connectivity index (χ4v) is 4.89. The maximum atomic E-state index is 13.1. The molecule has 0 spiro atoms. The van der Waals surface area contributed by atoms with E-state index in [-0.39, 0.29) is 11.5 Å². The predicted octanol–water partition coefficient (Wildman–Crippen LogP) is 6.94. The van der Waals surface area contributed by atoms with Crippen LogP contribution >= 0.6 is 0 Å². The van der Waals surface area contributed by atoms with Crippen LogP contribution in [-0.4, -0.2) is 32.0 Å². The summed E-state index contributed by atoms with van der Waals surface area (Å²) in [5.41, 5.74) is 4.26. The van der Waals surface area contributed by atoms with Gasteiger partial charge in [-0.1, -0.05) is 77.6 Å². The molecule has 0 heterocycles. The summed E-state index contributed by atoms with van der Waals surface area (Å²) in [4.78, 5) is 17.9. The first-order chi connectivity index (χ1) is 17.5. The SMILES string of the molecule is CCCCN(CCCC)c1ccc(C2=C([O-])C(c3ccc(N(CCCC)CCCC)cc3)C2=O)cc1. The van der Waals surface area contributed by atoms with E-state index in [1.807, 2.05) is 24.3 Å². The van der Waals surface area contributed by atoms with Crippen molar-refractivity contribution in [2.45, 2.75) is 85.0 Å². The lowest BCUT2D eigenvalue weighted by Gasteiger charge is -2.37. The van der Waals surface area contributed by atoms with Crippen LogP contribution in [-0.2, 0) is 4.79 Å². The van der Waals surface area contributed by atoms with Crippen molar-refractivity contribution in [3.05, 3.63) is 65.4 Å². The van der Waals surface area contributed by atoms with E-state index in [2.05, 4.69) is 61.8 Å². The molecule has 3 rings (SSSR count). The number of Topliss-reactive ketones (excluding diaryl/α,β-unsaturated/α-hetero) is 1. The van der Waals surface area contributed by atoms with E-state index in [1.165, 1.54) is 37.1 Å². The van der Waals surface area contributed by atoms with Gasteiger partial charge in [0.15, 0.2) is 5.78 Å². The highest BCUT2D eigenvalue weighted by Crippen LogP contribution is 2.42. The summed E-state index contributed by atoms with van der Waals surface area (Å²) in [6, 6.07) is 16.1. The summed E-state index contributed by atoms with van der Waals surface area (Å²) < 4.78 is 0. The Balaban J connectivity index is 1.73. The molecule has 196 valence electrons. The number of carbonyl (C=O) groups excluding carboxylic acids is 1. The van der Waals surface area contributed by atoms with Gasteiger partial charge in [0.2, 0.25) is 0 Å². The fraction of sp³-hybridized carbons (Fsp3) is 0.531. The van der Waals surface area contributed by atoms with E-state index in [1.54, 1.807) is 0 Å². The largest absolute Gasteiger partial charge is 0.874 e.